The van der Waals surface area contributed by atoms with Crippen molar-refractivity contribution in [2.45, 2.75) is 50.9 Å². The van der Waals surface area contributed by atoms with Gasteiger partial charge in [0.25, 0.3) is 0 Å². The van der Waals surface area contributed by atoms with Crippen molar-refractivity contribution in [2.24, 2.45) is 18.4 Å². The highest BCUT2D eigenvalue weighted by molar-refractivity contribution is 5.09. The fourth-order valence-electron chi connectivity index (χ4n) is 5.11. The lowest BCUT2D eigenvalue weighted by atomic mass is 9.58. The molecule has 0 aromatic carbocycles. The number of aromatic nitrogens is 2. The zero-order valence-electron chi connectivity index (χ0n) is 15.4. The second-order valence-corrected chi connectivity index (χ2v) is 7.95. The van der Waals surface area contributed by atoms with Gasteiger partial charge in [0.2, 0.25) is 0 Å². The number of nitrogens with zero attached hydrogens (tertiary/aromatic N) is 3. The molecule has 6 heteroatoms. The monoisotopic (exact) mass is 349 g/mol. The van der Waals surface area contributed by atoms with Crippen molar-refractivity contribution in [3.63, 3.8) is 0 Å². The average Bonchev–Trinajstić information content (AvgIpc) is 3.24. The molecule has 2 unspecified atom stereocenters. The highest BCUT2D eigenvalue weighted by atomic mass is 16.5. The lowest BCUT2D eigenvalue weighted by Gasteiger charge is -2.56. The van der Waals surface area contributed by atoms with E-state index in [0.29, 0.717) is 5.92 Å². The third-order valence-corrected chi connectivity index (χ3v) is 6.75. The van der Waals surface area contributed by atoms with Crippen molar-refractivity contribution in [3.8, 4) is 0 Å². The van der Waals surface area contributed by atoms with Gasteiger partial charge in [0.05, 0.1) is 17.9 Å². The van der Waals surface area contributed by atoms with Gasteiger partial charge in [-0.05, 0) is 45.3 Å². The van der Waals surface area contributed by atoms with Crippen LogP contribution in [0.1, 0.15) is 44.4 Å². The van der Waals surface area contributed by atoms with E-state index >= 15 is 0 Å². The van der Waals surface area contributed by atoms with Gasteiger partial charge in [-0.2, -0.15) is 5.10 Å². The first-order valence-electron chi connectivity index (χ1n) is 9.75. The van der Waals surface area contributed by atoms with E-state index in [4.69, 9.17) is 9.47 Å². The molecule has 3 aliphatic rings. The summed E-state index contributed by atoms with van der Waals surface area (Å²) < 4.78 is 13.8. The third kappa shape index (κ3) is 3.03. The standard InChI is InChI=1S/C19H31N3O3/c1-3-24-17-12-16(23)19(17)6-9-22(10-7-19)13-14-5-11-25-18(14)15-4-8-20-21(15)2/h4,8,14,16-18,23H,3,5-7,9-13H2,1-2H3/t14-,16?,17?,18+/m0/s1. The van der Waals surface area contributed by atoms with Gasteiger partial charge in [0.1, 0.15) is 6.10 Å². The van der Waals surface area contributed by atoms with Crippen molar-refractivity contribution in [2.75, 3.05) is 32.8 Å². The van der Waals surface area contributed by atoms with Crippen LogP contribution in [0.3, 0.4) is 0 Å². The van der Waals surface area contributed by atoms with E-state index in [0.717, 1.165) is 58.5 Å². The van der Waals surface area contributed by atoms with Gasteiger partial charge in [-0.15, -0.1) is 0 Å². The van der Waals surface area contributed by atoms with E-state index in [2.05, 4.69) is 16.1 Å². The number of hydrogen-bond acceptors (Lipinski definition) is 5. The van der Waals surface area contributed by atoms with Crippen molar-refractivity contribution in [1.82, 2.24) is 14.7 Å². The fourth-order valence-corrected chi connectivity index (χ4v) is 5.11. The van der Waals surface area contributed by atoms with Crippen molar-refractivity contribution in [3.05, 3.63) is 18.0 Å². The van der Waals surface area contributed by atoms with Gasteiger partial charge in [-0.25, -0.2) is 0 Å². The first-order valence-corrected chi connectivity index (χ1v) is 9.75. The van der Waals surface area contributed by atoms with E-state index in [1.165, 1.54) is 5.69 Å². The minimum atomic E-state index is -0.178. The molecule has 2 aliphatic heterocycles. The molecule has 0 amide bonds. The Labute approximate surface area is 150 Å². The van der Waals surface area contributed by atoms with Crippen LogP contribution in [-0.2, 0) is 16.5 Å². The highest BCUT2D eigenvalue weighted by Crippen LogP contribution is 2.51. The Kier molecular flexibility index (Phi) is 4.88. The van der Waals surface area contributed by atoms with Crippen molar-refractivity contribution >= 4 is 0 Å². The molecule has 6 nitrogen and oxygen atoms in total. The number of rotatable bonds is 5. The van der Waals surface area contributed by atoms with Crippen LogP contribution in [0.25, 0.3) is 0 Å². The van der Waals surface area contributed by atoms with E-state index < -0.39 is 0 Å². The van der Waals surface area contributed by atoms with Crippen LogP contribution in [0.2, 0.25) is 0 Å². The topological polar surface area (TPSA) is 59.8 Å². The summed E-state index contributed by atoms with van der Waals surface area (Å²) in [6.45, 7) is 6.80. The molecular weight excluding hydrogens is 318 g/mol. The number of ether oxygens (including phenoxy) is 2. The molecule has 0 bridgehead atoms. The molecule has 1 saturated carbocycles. The molecule has 2 saturated heterocycles. The van der Waals surface area contributed by atoms with Crippen LogP contribution >= 0.6 is 0 Å². The summed E-state index contributed by atoms with van der Waals surface area (Å²) in [4.78, 5) is 2.56. The number of aliphatic hydroxyl groups excluding tert-OH is 1. The van der Waals surface area contributed by atoms with E-state index in [9.17, 15) is 5.11 Å². The van der Waals surface area contributed by atoms with Gasteiger partial charge in [-0.3, -0.25) is 4.68 Å². The summed E-state index contributed by atoms with van der Waals surface area (Å²) in [5.74, 6) is 0.526. The summed E-state index contributed by atoms with van der Waals surface area (Å²) in [6, 6.07) is 2.07. The van der Waals surface area contributed by atoms with Crippen molar-refractivity contribution in [1.29, 1.82) is 0 Å². The molecular formula is C19H31N3O3. The van der Waals surface area contributed by atoms with Crippen molar-refractivity contribution < 1.29 is 14.6 Å². The van der Waals surface area contributed by atoms with Crippen LogP contribution < -0.4 is 0 Å². The zero-order valence-corrected chi connectivity index (χ0v) is 15.4. The molecule has 4 rings (SSSR count). The molecule has 1 N–H and O–H groups in total. The maximum atomic E-state index is 10.4. The first-order chi connectivity index (χ1) is 12.1. The molecule has 4 atom stereocenters. The Morgan fingerprint density at radius 1 is 1.40 bits per heavy atom. The second kappa shape index (κ2) is 6.99. The predicted molar refractivity (Wildman–Crippen MR) is 94.2 cm³/mol. The molecule has 1 spiro atoms. The summed E-state index contributed by atoms with van der Waals surface area (Å²) in [5.41, 5.74) is 1.20. The van der Waals surface area contributed by atoms with Gasteiger partial charge in [0.15, 0.2) is 0 Å². The molecule has 0 radical (unpaired) electrons. The molecule has 3 fully saturated rings. The Bertz CT molecular complexity index is 580. The summed E-state index contributed by atoms with van der Waals surface area (Å²) in [6.07, 6.45) is 6.11. The largest absolute Gasteiger partial charge is 0.392 e. The molecule has 3 heterocycles. The molecule has 1 aromatic heterocycles. The zero-order chi connectivity index (χ0) is 17.4. The summed E-state index contributed by atoms with van der Waals surface area (Å²) >= 11 is 0. The minimum Gasteiger partial charge on any atom is -0.392 e. The molecule has 1 aliphatic carbocycles. The van der Waals surface area contributed by atoms with Gasteiger partial charge < -0.3 is 19.5 Å². The molecule has 1 aromatic rings. The van der Waals surface area contributed by atoms with Gasteiger partial charge in [-0.1, -0.05) is 0 Å². The van der Waals surface area contributed by atoms with Gasteiger partial charge >= 0.3 is 0 Å². The highest BCUT2D eigenvalue weighted by Gasteiger charge is 2.56. The van der Waals surface area contributed by atoms with E-state index in [1.807, 2.05) is 24.9 Å². The Morgan fingerprint density at radius 3 is 2.84 bits per heavy atom. The third-order valence-electron chi connectivity index (χ3n) is 6.75. The molecule has 25 heavy (non-hydrogen) atoms. The second-order valence-electron chi connectivity index (χ2n) is 7.95. The summed E-state index contributed by atoms with van der Waals surface area (Å²) in [5, 5.41) is 14.7. The van der Waals surface area contributed by atoms with Crippen LogP contribution in [0.5, 0.6) is 0 Å². The van der Waals surface area contributed by atoms with Crippen LogP contribution in [0.4, 0.5) is 0 Å². The summed E-state index contributed by atoms with van der Waals surface area (Å²) in [7, 11) is 1.99. The SMILES string of the molecule is CCOC1CC(O)C12CCN(C[C@@H]1CCO[C@H]1c1ccnn1C)CC2. The quantitative estimate of drug-likeness (QED) is 0.878. The number of hydrogen-bond donors (Lipinski definition) is 1. The Balaban J connectivity index is 1.35. The number of aryl methyl sites for hydroxylation is 1. The number of likely N-dealkylation sites (tertiary alicyclic amines) is 1. The normalized spacial score (nSPS) is 35.2. The van der Waals surface area contributed by atoms with Crippen LogP contribution in [0, 0.1) is 11.3 Å². The fraction of sp³-hybridized carbons (Fsp3) is 0.842. The lowest BCUT2D eigenvalue weighted by Crippen LogP contribution is -2.62. The molecule has 140 valence electrons. The first kappa shape index (κ1) is 17.5. The number of piperidine rings is 1. The van der Waals surface area contributed by atoms with Crippen LogP contribution in [0.15, 0.2) is 12.3 Å². The average molecular weight is 349 g/mol. The van der Waals surface area contributed by atoms with Crippen LogP contribution in [-0.4, -0.2) is 64.8 Å². The Morgan fingerprint density at radius 2 is 2.20 bits per heavy atom. The smallest absolute Gasteiger partial charge is 0.103 e. The predicted octanol–water partition coefficient (Wildman–Crippen LogP) is 1.75. The number of aliphatic hydroxyl groups is 1. The van der Waals surface area contributed by atoms with E-state index in [-0.39, 0.29) is 23.7 Å². The van der Waals surface area contributed by atoms with E-state index in [1.54, 1.807) is 0 Å². The lowest BCUT2D eigenvalue weighted by molar-refractivity contribution is -0.210. The maximum absolute atomic E-state index is 10.4. The Hall–Kier alpha value is -0.950. The van der Waals surface area contributed by atoms with Gasteiger partial charge in [0, 0.05) is 50.8 Å². The maximum Gasteiger partial charge on any atom is 0.103 e. The minimum absolute atomic E-state index is 0.0140.